The summed E-state index contributed by atoms with van der Waals surface area (Å²) in [6, 6.07) is 5.20. The third-order valence-corrected chi connectivity index (χ3v) is 4.02. The number of hydrogen-bond donors (Lipinski definition) is 2. The van der Waals surface area contributed by atoms with Crippen LogP contribution in [0, 0.1) is 5.92 Å². The second-order valence-electron chi connectivity index (χ2n) is 5.62. The van der Waals surface area contributed by atoms with Gasteiger partial charge in [0.25, 0.3) is 5.91 Å². The lowest BCUT2D eigenvalue weighted by molar-refractivity contribution is -0.126. The normalized spacial score (nSPS) is 17.3. The van der Waals surface area contributed by atoms with Gasteiger partial charge in [-0.2, -0.15) is 0 Å². The Labute approximate surface area is 142 Å². The maximum absolute atomic E-state index is 12.9. The number of carbonyl (C=O) groups is 2. The van der Waals surface area contributed by atoms with Crippen molar-refractivity contribution >= 4 is 11.8 Å². The molecule has 1 fully saturated rings. The average Bonchev–Trinajstić information content (AvgIpc) is 2.61. The lowest BCUT2D eigenvalue weighted by atomic mass is 9.96. The van der Waals surface area contributed by atoms with Crippen LogP contribution in [0.3, 0.4) is 0 Å². The molecular weight excluding hydrogens is 310 g/mol. The van der Waals surface area contributed by atoms with Crippen molar-refractivity contribution in [2.75, 3.05) is 26.3 Å². The smallest absolute Gasteiger partial charge is 0.257 e. The molecule has 0 aromatic heterocycles. The molecule has 1 unspecified atom stereocenters. The Morgan fingerprint density at radius 3 is 2.71 bits per heavy atom. The molecule has 1 aromatic carbocycles. The van der Waals surface area contributed by atoms with E-state index < -0.39 is 0 Å². The fourth-order valence-corrected chi connectivity index (χ4v) is 2.87. The minimum atomic E-state index is -0.272. The third-order valence-electron chi connectivity index (χ3n) is 4.02. The van der Waals surface area contributed by atoms with Gasteiger partial charge in [0.05, 0.1) is 24.7 Å². The molecule has 2 amide bonds. The van der Waals surface area contributed by atoms with Crippen molar-refractivity contribution in [2.45, 2.75) is 26.7 Å². The SMILES string of the molecule is CCOc1ccc(C(=O)N2CCCC(C(=O)NN)C2)c(OCC)c1. The van der Waals surface area contributed by atoms with Crippen molar-refractivity contribution in [1.29, 1.82) is 0 Å². The number of piperidine rings is 1. The first-order valence-corrected chi connectivity index (χ1v) is 8.30. The zero-order chi connectivity index (χ0) is 17.5. The second-order valence-corrected chi connectivity index (χ2v) is 5.62. The number of hydrazine groups is 1. The van der Waals surface area contributed by atoms with Crippen LogP contribution in [0.5, 0.6) is 11.5 Å². The van der Waals surface area contributed by atoms with Crippen molar-refractivity contribution in [2.24, 2.45) is 11.8 Å². The quantitative estimate of drug-likeness (QED) is 0.465. The Morgan fingerprint density at radius 2 is 2.04 bits per heavy atom. The fraction of sp³-hybridized carbons (Fsp3) is 0.529. The number of ether oxygens (including phenoxy) is 2. The molecule has 1 heterocycles. The monoisotopic (exact) mass is 335 g/mol. The van der Waals surface area contributed by atoms with E-state index in [0.717, 1.165) is 12.8 Å². The molecule has 2 rings (SSSR count). The molecule has 0 spiro atoms. The summed E-state index contributed by atoms with van der Waals surface area (Å²) in [5.74, 6) is 5.72. The molecule has 0 radical (unpaired) electrons. The number of carbonyl (C=O) groups excluding carboxylic acids is 2. The summed E-state index contributed by atoms with van der Waals surface area (Å²) in [7, 11) is 0. The Kier molecular flexibility index (Phi) is 6.43. The van der Waals surface area contributed by atoms with Crippen molar-refractivity contribution in [3.8, 4) is 11.5 Å². The van der Waals surface area contributed by atoms with Gasteiger partial charge in [0.15, 0.2) is 0 Å². The van der Waals surface area contributed by atoms with E-state index in [-0.39, 0.29) is 17.7 Å². The van der Waals surface area contributed by atoms with E-state index in [1.807, 2.05) is 13.8 Å². The summed E-state index contributed by atoms with van der Waals surface area (Å²) < 4.78 is 11.1. The minimum absolute atomic E-state index is 0.143. The lowest BCUT2D eigenvalue weighted by Gasteiger charge is -2.32. The highest BCUT2D eigenvalue weighted by atomic mass is 16.5. The van der Waals surface area contributed by atoms with Gasteiger partial charge in [0, 0.05) is 19.2 Å². The zero-order valence-electron chi connectivity index (χ0n) is 14.2. The maximum atomic E-state index is 12.9. The minimum Gasteiger partial charge on any atom is -0.494 e. The van der Waals surface area contributed by atoms with Crippen molar-refractivity contribution in [3.63, 3.8) is 0 Å². The van der Waals surface area contributed by atoms with E-state index in [9.17, 15) is 9.59 Å². The van der Waals surface area contributed by atoms with Gasteiger partial charge in [-0.15, -0.1) is 0 Å². The highest BCUT2D eigenvalue weighted by molar-refractivity contribution is 5.97. The summed E-state index contributed by atoms with van der Waals surface area (Å²) in [6.07, 6.45) is 1.50. The van der Waals surface area contributed by atoms with Gasteiger partial charge >= 0.3 is 0 Å². The van der Waals surface area contributed by atoms with E-state index in [4.69, 9.17) is 15.3 Å². The zero-order valence-corrected chi connectivity index (χ0v) is 14.2. The second kappa shape index (κ2) is 8.54. The average molecular weight is 335 g/mol. The number of rotatable bonds is 6. The predicted octanol–water partition coefficient (Wildman–Crippen LogP) is 1.33. The van der Waals surface area contributed by atoms with Crippen LogP contribution in [0.4, 0.5) is 0 Å². The molecule has 1 aromatic rings. The summed E-state index contributed by atoms with van der Waals surface area (Å²) in [4.78, 5) is 26.3. The summed E-state index contributed by atoms with van der Waals surface area (Å²) in [5.41, 5.74) is 2.65. The van der Waals surface area contributed by atoms with Gasteiger partial charge in [-0.1, -0.05) is 0 Å². The highest BCUT2D eigenvalue weighted by Crippen LogP contribution is 2.28. The van der Waals surface area contributed by atoms with Gasteiger partial charge in [-0.3, -0.25) is 15.0 Å². The van der Waals surface area contributed by atoms with Crippen LogP contribution >= 0.6 is 0 Å². The molecule has 0 bridgehead atoms. The largest absolute Gasteiger partial charge is 0.494 e. The molecular formula is C17H25N3O4. The van der Waals surface area contributed by atoms with Crippen LogP contribution in [-0.4, -0.2) is 43.0 Å². The fourth-order valence-electron chi connectivity index (χ4n) is 2.87. The predicted molar refractivity (Wildman–Crippen MR) is 89.7 cm³/mol. The lowest BCUT2D eigenvalue weighted by Crippen LogP contribution is -2.47. The molecule has 1 aliphatic heterocycles. The van der Waals surface area contributed by atoms with Crippen LogP contribution in [0.25, 0.3) is 0 Å². The van der Waals surface area contributed by atoms with Gasteiger partial charge in [-0.25, -0.2) is 5.84 Å². The molecule has 1 atom stereocenters. The highest BCUT2D eigenvalue weighted by Gasteiger charge is 2.29. The molecule has 7 heteroatoms. The summed E-state index contributed by atoms with van der Waals surface area (Å²) in [5, 5.41) is 0. The molecule has 0 aliphatic carbocycles. The van der Waals surface area contributed by atoms with Gasteiger partial charge in [-0.05, 0) is 38.8 Å². The van der Waals surface area contributed by atoms with E-state index in [1.165, 1.54) is 0 Å². The number of nitrogens with two attached hydrogens (primary N) is 1. The maximum Gasteiger partial charge on any atom is 0.257 e. The standard InChI is InChI=1S/C17H25N3O4/c1-3-23-13-7-8-14(15(10-13)24-4-2)17(22)20-9-5-6-12(11-20)16(21)19-18/h7-8,10,12H,3-6,9,11,18H2,1-2H3,(H,19,21). The van der Waals surface area contributed by atoms with Crippen LogP contribution in [0.2, 0.25) is 0 Å². The van der Waals surface area contributed by atoms with Crippen molar-refractivity contribution < 1.29 is 19.1 Å². The number of benzene rings is 1. The van der Waals surface area contributed by atoms with Gasteiger partial charge in [0.1, 0.15) is 11.5 Å². The first-order valence-electron chi connectivity index (χ1n) is 8.30. The number of nitrogens with zero attached hydrogens (tertiary/aromatic N) is 1. The Hall–Kier alpha value is -2.28. The summed E-state index contributed by atoms with van der Waals surface area (Å²) in [6.45, 7) is 5.74. The Morgan fingerprint density at radius 1 is 1.29 bits per heavy atom. The molecule has 3 N–H and O–H groups in total. The van der Waals surface area contributed by atoms with Crippen LogP contribution < -0.4 is 20.7 Å². The van der Waals surface area contributed by atoms with E-state index >= 15 is 0 Å². The molecule has 1 aliphatic rings. The molecule has 0 saturated carbocycles. The van der Waals surface area contributed by atoms with Gasteiger partial charge < -0.3 is 14.4 Å². The van der Waals surface area contributed by atoms with Crippen molar-refractivity contribution in [3.05, 3.63) is 23.8 Å². The first-order chi connectivity index (χ1) is 11.6. The molecule has 24 heavy (non-hydrogen) atoms. The third kappa shape index (κ3) is 4.17. The Bertz CT molecular complexity index is 591. The molecule has 7 nitrogen and oxygen atoms in total. The number of amides is 2. The topological polar surface area (TPSA) is 93.9 Å². The van der Waals surface area contributed by atoms with E-state index in [2.05, 4.69) is 5.43 Å². The van der Waals surface area contributed by atoms with Crippen LogP contribution in [0.15, 0.2) is 18.2 Å². The molecule has 132 valence electrons. The number of hydrogen-bond acceptors (Lipinski definition) is 5. The van der Waals surface area contributed by atoms with Crippen molar-refractivity contribution in [1.82, 2.24) is 10.3 Å². The van der Waals surface area contributed by atoms with Crippen LogP contribution in [-0.2, 0) is 4.79 Å². The Balaban J connectivity index is 2.20. The van der Waals surface area contributed by atoms with E-state index in [0.29, 0.717) is 43.4 Å². The number of nitrogens with one attached hydrogen (secondary N) is 1. The van der Waals surface area contributed by atoms with E-state index in [1.54, 1.807) is 23.1 Å². The first kappa shape index (κ1) is 18.1. The molecule has 1 saturated heterocycles. The van der Waals surface area contributed by atoms with Gasteiger partial charge in [0.2, 0.25) is 5.91 Å². The number of likely N-dealkylation sites (tertiary alicyclic amines) is 1. The summed E-state index contributed by atoms with van der Waals surface area (Å²) >= 11 is 0. The van der Waals surface area contributed by atoms with Crippen LogP contribution in [0.1, 0.15) is 37.0 Å².